The summed E-state index contributed by atoms with van der Waals surface area (Å²) in [5.41, 5.74) is 7.52. The maximum atomic E-state index is 5.95. The fourth-order valence-electron chi connectivity index (χ4n) is 1.71. The van der Waals surface area contributed by atoms with Gasteiger partial charge in [0.05, 0.1) is 16.4 Å². The van der Waals surface area contributed by atoms with E-state index in [1.165, 1.54) is 6.33 Å². The van der Waals surface area contributed by atoms with Gasteiger partial charge in [-0.3, -0.25) is 0 Å². The molecule has 0 aliphatic heterocycles. The van der Waals surface area contributed by atoms with Crippen LogP contribution >= 0.6 is 23.2 Å². The first kappa shape index (κ1) is 13.0. The molecule has 0 unspecified atom stereocenters. The van der Waals surface area contributed by atoms with E-state index in [0.29, 0.717) is 27.1 Å². The number of nitrogen functional groups attached to an aromatic ring is 1. The number of aromatic nitrogens is 4. The lowest BCUT2D eigenvalue weighted by Crippen LogP contribution is -2.02. The van der Waals surface area contributed by atoms with Gasteiger partial charge in [-0.2, -0.15) is 9.97 Å². The number of imidazole rings is 1. The molecule has 3 N–H and O–H groups in total. The Bertz CT molecular complexity index is 774. The van der Waals surface area contributed by atoms with Gasteiger partial charge in [0.15, 0.2) is 5.65 Å². The Kier molecular flexibility index (Phi) is 3.33. The van der Waals surface area contributed by atoms with Crippen molar-refractivity contribution >= 4 is 40.3 Å². The molecule has 8 heteroatoms. The largest absolute Gasteiger partial charge is 0.471 e. The van der Waals surface area contributed by atoms with E-state index >= 15 is 0 Å². The van der Waals surface area contributed by atoms with E-state index in [1.54, 1.807) is 12.1 Å². The predicted molar refractivity (Wildman–Crippen MR) is 76.9 cm³/mol. The quantitative estimate of drug-likeness (QED) is 0.776. The van der Waals surface area contributed by atoms with Gasteiger partial charge in [0, 0.05) is 0 Å². The third-order valence-corrected chi connectivity index (χ3v) is 3.37. The zero-order valence-electron chi connectivity index (χ0n) is 10.1. The van der Waals surface area contributed by atoms with Gasteiger partial charge in [-0.25, -0.2) is 4.98 Å². The van der Waals surface area contributed by atoms with E-state index in [0.717, 1.165) is 5.56 Å². The van der Waals surface area contributed by atoms with Crippen molar-refractivity contribution in [3.05, 3.63) is 40.1 Å². The molecule has 0 bridgehead atoms. The summed E-state index contributed by atoms with van der Waals surface area (Å²) in [6.07, 6.45) is 1.50. The molecule has 6 nitrogen and oxygen atoms in total. The number of anilines is 1. The standard InChI is InChI=1S/C12H9Cl2N5O/c13-7-2-1-6(3-8(7)14)4-20-11-9-10(17-5-16-9)18-12(15)19-11/h1-3,5H,4H2,(H3,15,16,17,18,19). The topological polar surface area (TPSA) is 89.7 Å². The van der Waals surface area contributed by atoms with E-state index < -0.39 is 0 Å². The third-order valence-electron chi connectivity index (χ3n) is 2.63. The SMILES string of the molecule is Nc1nc(OCc2ccc(Cl)c(Cl)c2)c2[nH]cnc2n1. The van der Waals surface area contributed by atoms with Crippen LogP contribution in [-0.4, -0.2) is 19.9 Å². The Morgan fingerprint density at radius 1 is 1.20 bits per heavy atom. The van der Waals surface area contributed by atoms with Gasteiger partial charge in [-0.05, 0) is 17.7 Å². The first-order chi connectivity index (χ1) is 9.63. The molecular weight excluding hydrogens is 301 g/mol. The fraction of sp³-hybridized carbons (Fsp3) is 0.0833. The highest BCUT2D eigenvalue weighted by Gasteiger charge is 2.10. The third kappa shape index (κ3) is 2.48. The number of nitrogens with two attached hydrogens (primary N) is 1. The zero-order valence-corrected chi connectivity index (χ0v) is 11.6. The molecule has 2 heterocycles. The lowest BCUT2D eigenvalue weighted by molar-refractivity contribution is 0.297. The molecule has 1 aromatic carbocycles. The summed E-state index contributed by atoms with van der Waals surface area (Å²) in [5.74, 6) is 0.449. The van der Waals surface area contributed by atoms with Crippen LogP contribution in [0.3, 0.4) is 0 Å². The minimum absolute atomic E-state index is 0.105. The van der Waals surface area contributed by atoms with Crippen LogP contribution in [0.25, 0.3) is 11.2 Å². The molecule has 102 valence electrons. The number of hydrogen-bond acceptors (Lipinski definition) is 5. The summed E-state index contributed by atoms with van der Waals surface area (Å²) >= 11 is 11.8. The Hall–Kier alpha value is -2.05. The van der Waals surface area contributed by atoms with Crippen LogP contribution in [0.15, 0.2) is 24.5 Å². The lowest BCUT2D eigenvalue weighted by Gasteiger charge is -2.07. The monoisotopic (exact) mass is 309 g/mol. The second-order valence-corrected chi connectivity index (χ2v) is 4.84. The van der Waals surface area contributed by atoms with Gasteiger partial charge in [0.1, 0.15) is 12.1 Å². The van der Waals surface area contributed by atoms with Crippen LogP contribution in [0.5, 0.6) is 5.88 Å². The highest BCUT2D eigenvalue weighted by Crippen LogP contribution is 2.24. The van der Waals surface area contributed by atoms with E-state index in [1.807, 2.05) is 6.07 Å². The Balaban J connectivity index is 1.86. The first-order valence-electron chi connectivity index (χ1n) is 5.67. The highest BCUT2D eigenvalue weighted by atomic mass is 35.5. The molecule has 0 aliphatic carbocycles. The number of hydrogen-bond donors (Lipinski definition) is 2. The molecule has 0 atom stereocenters. The first-order valence-corrected chi connectivity index (χ1v) is 6.42. The van der Waals surface area contributed by atoms with Crippen molar-refractivity contribution in [2.75, 3.05) is 5.73 Å². The molecule has 0 fully saturated rings. The molecule has 0 saturated carbocycles. The predicted octanol–water partition coefficient (Wildman–Crippen LogP) is 2.82. The summed E-state index contributed by atoms with van der Waals surface area (Å²) < 4.78 is 5.64. The van der Waals surface area contributed by atoms with Gasteiger partial charge in [-0.15, -0.1) is 0 Å². The van der Waals surface area contributed by atoms with Crippen molar-refractivity contribution in [2.45, 2.75) is 6.61 Å². The average molecular weight is 310 g/mol. The number of nitrogens with one attached hydrogen (secondary N) is 1. The van der Waals surface area contributed by atoms with Crippen molar-refractivity contribution < 1.29 is 4.74 Å². The molecule has 0 radical (unpaired) electrons. The molecule has 0 saturated heterocycles. The highest BCUT2D eigenvalue weighted by molar-refractivity contribution is 6.42. The number of benzene rings is 1. The Morgan fingerprint density at radius 2 is 2.05 bits per heavy atom. The van der Waals surface area contributed by atoms with Gasteiger partial charge in [0.2, 0.25) is 11.8 Å². The van der Waals surface area contributed by atoms with Crippen molar-refractivity contribution in [2.24, 2.45) is 0 Å². The number of H-pyrrole nitrogens is 1. The number of ether oxygens (including phenoxy) is 1. The molecular formula is C12H9Cl2N5O. The molecule has 0 spiro atoms. The molecule has 3 rings (SSSR count). The number of halogens is 2. The van der Waals surface area contributed by atoms with Crippen LogP contribution < -0.4 is 10.5 Å². The Morgan fingerprint density at radius 3 is 2.85 bits per heavy atom. The maximum absolute atomic E-state index is 5.95. The zero-order chi connectivity index (χ0) is 14.1. The number of nitrogens with zero attached hydrogens (tertiary/aromatic N) is 3. The van der Waals surface area contributed by atoms with Crippen LogP contribution in [0.4, 0.5) is 5.95 Å². The van der Waals surface area contributed by atoms with E-state index in [-0.39, 0.29) is 12.6 Å². The normalized spacial score (nSPS) is 10.9. The number of fused-ring (bicyclic) bond motifs is 1. The second kappa shape index (κ2) is 5.15. The van der Waals surface area contributed by atoms with E-state index in [2.05, 4.69) is 19.9 Å². The molecule has 0 amide bonds. The maximum Gasteiger partial charge on any atom is 0.245 e. The summed E-state index contributed by atoms with van der Waals surface area (Å²) in [6.45, 7) is 0.279. The molecule has 0 aliphatic rings. The van der Waals surface area contributed by atoms with Gasteiger partial charge >= 0.3 is 0 Å². The number of rotatable bonds is 3. The van der Waals surface area contributed by atoms with Gasteiger partial charge in [-0.1, -0.05) is 29.3 Å². The Labute approximate surface area is 123 Å². The lowest BCUT2D eigenvalue weighted by atomic mass is 10.2. The summed E-state index contributed by atoms with van der Waals surface area (Å²) in [6, 6.07) is 5.27. The van der Waals surface area contributed by atoms with Crippen LogP contribution in [-0.2, 0) is 6.61 Å². The minimum atomic E-state index is 0.105. The van der Waals surface area contributed by atoms with Crippen LogP contribution in [0.1, 0.15) is 5.56 Å². The van der Waals surface area contributed by atoms with Crippen molar-refractivity contribution in [3.8, 4) is 5.88 Å². The van der Waals surface area contributed by atoms with Crippen LogP contribution in [0, 0.1) is 0 Å². The number of aromatic amines is 1. The molecule has 20 heavy (non-hydrogen) atoms. The van der Waals surface area contributed by atoms with Crippen molar-refractivity contribution in [3.63, 3.8) is 0 Å². The average Bonchev–Trinajstić information content (AvgIpc) is 2.88. The van der Waals surface area contributed by atoms with E-state index in [9.17, 15) is 0 Å². The smallest absolute Gasteiger partial charge is 0.245 e. The van der Waals surface area contributed by atoms with E-state index in [4.69, 9.17) is 33.7 Å². The van der Waals surface area contributed by atoms with Gasteiger partial charge in [0.25, 0.3) is 0 Å². The summed E-state index contributed by atoms with van der Waals surface area (Å²) in [5, 5.41) is 0.972. The van der Waals surface area contributed by atoms with Crippen molar-refractivity contribution in [1.82, 2.24) is 19.9 Å². The fourth-order valence-corrected chi connectivity index (χ4v) is 2.03. The van der Waals surface area contributed by atoms with Gasteiger partial charge < -0.3 is 15.5 Å². The summed E-state index contributed by atoms with van der Waals surface area (Å²) in [7, 11) is 0. The van der Waals surface area contributed by atoms with Crippen LogP contribution in [0.2, 0.25) is 10.0 Å². The molecule has 2 aromatic heterocycles. The van der Waals surface area contributed by atoms with Crippen molar-refractivity contribution in [1.29, 1.82) is 0 Å². The summed E-state index contributed by atoms with van der Waals surface area (Å²) in [4.78, 5) is 14.9. The minimum Gasteiger partial charge on any atom is -0.471 e. The second-order valence-electron chi connectivity index (χ2n) is 4.03. The molecule has 3 aromatic rings.